The first-order valence-corrected chi connectivity index (χ1v) is 2.40. The SMILES string of the molecule is F/N=C(/C(F)(F)F)C(F)(F)N(F)F. The Morgan fingerprint density at radius 2 is 1.38 bits per heavy atom. The summed E-state index contributed by atoms with van der Waals surface area (Å²) in [6.07, 6.45) is -5.96. The van der Waals surface area contributed by atoms with E-state index in [1.165, 1.54) is 0 Å². The van der Waals surface area contributed by atoms with Crippen molar-refractivity contribution in [1.82, 2.24) is 5.34 Å². The van der Waals surface area contributed by atoms with E-state index >= 15 is 0 Å². The Balaban J connectivity index is 5.03. The van der Waals surface area contributed by atoms with E-state index < -0.39 is 23.3 Å². The summed E-state index contributed by atoms with van der Waals surface area (Å²) in [5, 5.41) is -2.51. The predicted molar refractivity (Wildman–Crippen MR) is 23.6 cm³/mol. The van der Waals surface area contributed by atoms with Crippen LogP contribution in [0, 0.1) is 0 Å². The van der Waals surface area contributed by atoms with Crippen LogP contribution in [0.2, 0.25) is 0 Å². The van der Waals surface area contributed by atoms with Gasteiger partial charge in [-0.15, -0.1) is 0 Å². The van der Waals surface area contributed by atoms with Crippen LogP contribution in [0.15, 0.2) is 5.21 Å². The van der Waals surface area contributed by atoms with Gasteiger partial charge in [-0.3, -0.25) is 0 Å². The first-order valence-electron chi connectivity index (χ1n) is 2.40. The Morgan fingerprint density at radius 3 is 1.46 bits per heavy atom. The number of nitrogens with zero attached hydrogens (tertiary/aromatic N) is 2. The second-order valence-electron chi connectivity index (χ2n) is 1.71. The summed E-state index contributed by atoms with van der Waals surface area (Å²) in [5.74, 6) is 0. The zero-order chi connectivity index (χ0) is 10.9. The molecule has 78 valence electrons. The van der Waals surface area contributed by atoms with Crippen LogP contribution in [0.4, 0.5) is 35.4 Å². The van der Waals surface area contributed by atoms with Gasteiger partial charge in [-0.1, -0.05) is 18.7 Å². The molecule has 0 radical (unpaired) electrons. The third-order valence-corrected chi connectivity index (χ3v) is 0.850. The van der Waals surface area contributed by atoms with Crippen LogP contribution in [-0.2, 0) is 0 Å². The maximum absolute atomic E-state index is 11.8. The summed E-state index contributed by atoms with van der Waals surface area (Å²) >= 11 is 0. The van der Waals surface area contributed by atoms with Crippen molar-refractivity contribution in [1.29, 1.82) is 0 Å². The highest BCUT2D eigenvalue weighted by atomic mass is 19.4. The van der Waals surface area contributed by atoms with Crippen molar-refractivity contribution in [3.8, 4) is 0 Å². The van der Waals surface area contributed by atoms with Crippen molar-refractivity contribution in [3.63, 3.8) is 0 Å². The Morgan fingerprint density at radius 1 is 1.00 bits per heavy atom. The van der Waals surface area contributed by atoms with Crippen molar-refractivity contribution < 1.29 is 35.4 Å². The molecule has 0 aromatic carbocycles. The van der Waals surface area contributed by atoms with E-state index in [0.717, 1.165) is 0 Å². The number of alkyl halides is 5. The Bertz CT molecular complexity index is 204. The van der Waals surface area contributed by atoms with Crippen LogP contribution in [0.1, 0.15) is 0 Å². The highest BCUT2D eigenvalue weighted by molar-refractivity contribution is 5.94. The van der Waals surface area contributed by atoms with E-state index in [1.54, 1.807) is 0 Å². The average molecular weight is 216 g/mol. The van der Waals surface area contributed by atoms with Gasteiger partial charge in [-0.05, 0) is 0 Å². The van der Waals surface area contributed by atoms with Crippen molar-refractivity contribution in [2.45, 2.75) is 12.2 Å². The Hall–Kier alpha value is -0.930. The first-order chi connectivity index (χ1) is 5.64. The lowest BCUT2D eigenvalue weighted by Gasteiger charge is -2.17. The molecule has 0 N–H and O–H groups in total. The molecule has 0 aromatic rings. The molecular weight excluding hydrogens is 216 g/mol. The Kier molecular flexibility index (Phi) is 3.19. The Labute approximate surface area is 65.3 Å². The molecule has 0 bridgehead atoms. The predicted octanol–water partition coefficient (Wildman–Crippen LogP) is 2.54. The molecule has 13 heavy (non-hydrogen) atoms. The van der Waals surface area contributed by atoms with Crippen LogP contribution in [-0.4, -0.2) is 23.3 Å². The molecule has 0 aromatic heterocycles. The number of hydrogen-bond acceptors (Lipinski definition) is 2. The van der Waals surface area contributed by atoms with E-state index in [-0.39, 0.29) is 0 Å². The van der Waals surface area contributed by atoms with E-state index in [2.05, 4.69) is 0 Å². The molecule has 0 saturated carbocycles. The smallest absolute Gasteiger partial charge is 0.176 e. The highest BCUT2D eigenvalue weighted by Crippen LogP contribution is 2.32. The lowest BCUT2D eigenvalue weighted by molar-refractivity contribution is -0.305. The summed E-state index contributed by atoms with van der Waals surface area (Å²) < 4.78 is 91.0. The number of hydrogen-bond donors (Lipinski definition) is 0. The van der Waals surface area contributed by atoms with E-state index in [9.17, 15) is 35.4 Å². The molecule has 0 amide bonds. The maximum atomic E-state index is 11.8. The summed E-state index contributed by atoms with van der Waals surface area (Å²) in [6, 6.07) is -5.80. The van der Waals surface area contributed by atoms with Crippen molar-refractivity contribution >= 4 is 5.71 Å². The molecule has 2 nitrogen and oxygen atoms in total. The molecule has 0 atom stereocenters. The molecular formula is C3F8N2. The standard InChI is InChI=1S/C3F8N2/c4-2(5,6)1(12-9)3(7,8)13(10)11/b12-1-. The maximum Gasteiger partial charge on any atom is 0.439 e. The van der Waals surface area contributed by atoms with Gasteiger partial charge in [0.15, 0.2) is 0 Å². The third kappa shape index (κ3) is 2.50. The minimum absolute atomic E-state index is 0.572. The highest BCUT2D eigenvalue weighted by Gasteiger charge is 2.58. The molecule has 0 fully saturated rings. The summed E-state index contributed by atoms with van der Waals surface area (Å²) in [4.78, 5) is 0. The average Bonchev–Trinajstić information content (AvgIpc) is 1.83. The van der Waals surface area contributed by atoms with Crippen molar-refractivity contribution in [2.24, 2.45) is 5.21 Å². The van der Waals surface area contributed by atoms with Crippen LogP contribution in [0.25, 0.3) is 0 Å². The van der Waals surface area contributed by atoms with Crippen LogP contribution in [0.3, 0.4) is 0 Å². The largest absolute Gasteiger partial charge is 0.439 e. The summed E-state index contributed by atoms with van der Waals surface area (Å²) in [5.41, 5.74) is -3.51. The van der Waals surface area contributed by atoms with Gasteiger partial charge in [0.25, 0.3) is 0 Å². The minimum Gasteiger partial charge on any atom is -0.176 e. The molecule has 0 saturated heterocycles. The zero-order valence-electron chi connectivity index (χ0n) is 5.42. The summed E-state index contributed by atoms with van der Waals surface area (Å²) in [6.45, 7) is 0. The van der Waals surface area contributed by atoms with Crippen LogP contribution < -0.4 is 0 Å². The van der Waals surface area contributed by atoms with Gasteiger partial charge in [0.2, 0.25) is 5.71 Å². The molecule has 0 unspecified atom stereocenters. The molecule has 0 aliphatic heterocycles. The van der Waals surface area contributed by atoms with Gasteiger partial charge in [0.1, 0.15) is 0 Å². The second-order valence-corrected chi connectivity index (χ2v) is 1.71. The monoisotopic (exact) mass is 216 g/mol. The van der Waals surface area contributed by atoms with Gasteiger partial charge in [0, 0.05) is 0 Å². The fourth-order valence-electron chi connectivity index (χ4n) is 0.349. The third-order valence-electron chi connectivity index (χ3n) is 0.850. The van der Waals surface area contributed by atoms with E-state index in [1.807, 2.05) is 0 Å². The summed E-state index contributed by atoms with van der Waals surface area (Å²) in [7, 11) is 0. The van der Waals surface area contributed by atoms with E-state index in [0.29, 0.717) is 5.21 Å². The van der Waals surface area contributed by atoms with Gasteiger partial charge < -0.3 is 0 Å². The molecule has 0 rings (SSSR count). The fourth-order valence-corrected chi connectivity index (χ4v) is 0.349. The minimum atomic E-state index is -5.96. The van der Waals surface area contributed by atoms with Gasteiger partial charge in [0.05, 0.1) is 5.34 Å². The van der Waals surface area contributed by atoms with Gasteiger partial charge in [-0.25, -0.2) is 0 Å². The quantitative estimate of drug-likeness (QED) is 0.299. The van der Waals surface area contributed by atoms with Gasteiger partial charge in [-0.2, -0.15) is 22.0 Å². The lowest BCUT2D eigenvalue weighted by atomic mass is 10.3. The number of halogens is 8. The molecule has 0 heterocycles. The topological polar surface area (TPSA) is 15.6 Å². The van der Waals surface area contributed by atoms with Crippen LogP contribution >= 0.6 is 0 Å². The molecule has 0 aliphatic carbocycles. The normalized spacial score (nSPS) is 15.3. The molecule has 0 spiro atoms. The fraction of sp³-hybridized carbons (Fsp3) is 0.667. The second kappa shape index (κ2) is 3.44. The van der Waals surface area contributed by atoms with Gasteiger partial charge >= 0.3 is 12.2 Å². The van der Waals surface area contributed by atoms with Crippen molar-refractivity contribution in [2.75, 3.05) is 0 Å². The zero-order valence-corrected chi connectivity index (χ0v) is 5.42. The first kappa shape index (κ1) is 12.1. The number of rotatable bonds is 2. The molecule has 0 aliphatic rings. The lowest BCUT2D eigenvalue weighted by Crippen LogP contribution is -2.46. The van der Waals surface area contributed by atoms with Crippen molar-refractivity contribution in [3.05, 3.63) is 0 Å². The molecule has 10 heteroatoms. The van der Waals surface area contributed by atoms with E-state index in [4.69, 9.17) is 0 Å². The van der Waals surface area contributed by atoms with Crippen LogP contribution in [0.5, 0.6) is 0 Å².